The van der Waals surface area contributed by atoms with Crippen LogP contribution in [-0.2, 0) is 22.6 Å². The fraction of sp³-hybridized carbons (Fsp3) is 0.364. The Bertz CT molecular complexity index is 1300. The summed E-state index contributed by atoms with van der Waals surface area (Å²) in [6.07, 6.45) is 3.78. The first-order valence-corrected chi connectivity index (χ1v) is 13.4. The van der Waals surface area contributed by atoms with E-state index < -0.39 is 0 Å². The number of nitrogens with zero attached hydrogens (tertiary/aromatic N) is 4. The first-order chi connectivity index (χ1) is 15.5. The van der Waals surface area contributed by atoms with Crippen LogP contribution in [-0.4, -0.2) is 43.1 Å². The standard InChI is InChI=1S/C22H23N5O2S3/c1-4-22(2)10-14-15(11-29-22)32-19-17(14)18-25-26-21(27(18)20(24-19)30-3)31-12-16(28)23-13-8-6-5-7-9-13/h5-9H,4,10-12H2,1-3H3,(H,23,28)/t22-/m0/s1. The molecule has 0 saturated heterocycles. The predicted octanol–water partition coefficient (Wildman–Crippen LogP) is 5.03. The second-order valence-electron chi connectivity index (χ2n) is 7.90. The second-order valence-corrected chi connectivity index (χ2v) is 10.7. The maximum absolute atomic E-state index is 12.4. The minimum Gasteiger partial charge on any atom is -0.369 e. The Kier molecular flexibility index (Phi) is 5.87. The van der Waals surface area contributed by atoms with Crippen molar-refractivity contribution in [1.82, 2.24) is 19.6 Å². The van der Waals surface area contributed by atoms with E-state index in [2.05, 4.69) is 29.4 Å². The largest absolute Gasteiger partial charge is 0.369 e. The number of carbonyl (C=O) groups excluding carboxylic acids is 1. The van der Waals surface area contributed by atoms with E-state index in [0.29, 0.717) is 11.8 Å². The average molecular weight is 486 g/mol. The van der Waals surface area contributed by atoms with Gasteiger partial charge in [-0.3, -0.25) is 4.79 Å². The first-order valence-electron chi connectivity index (χ1n) is 10.4. The molecule has 4 heterocycles. The van der Waals surface area contributed by atoms with E-state index in [9.17, 15) is 4.79 Å². The Morgan fingerprint density at radius 2 is 2.09 bits per heavy atom. The number of rotatable bonds is 6. The molecule has 1 atom stereocenters. The Hall–Kier alpha value is -2.14. The van der Waals surface area contributed by atoms with Gasteiger partial charge in [0, 0.05) is 17.0 Å². The van der Waals surface area contributed by atoms with Crippen molar-refractivity contribution in [3.8, 4) is 0 Å². The van der Waals surface area contributed by atoms with Crippen molar-refractivity contribution in [2.75, 3.05) is 17.3 Å². The molecule has 1 aromatic carbocycles. The van der Waals surface area contributed by atoms with Gasteiger partial charge in [-0.1, -0.05) is 48.6 Å². The number of amides is 1. The molecule has 32 heavy (non-hydrogen) atoms. The molecule has 1 aliphatic rings. The van der Waals surface area contributed by atoms with Gasteiger partial charge in [-0.2, -0.15) is 0 Å². The highest BCUT2D eigenvalue weighted by atomic mass is 32.2. The highest BCUT2D eigenvalue weighted by Crippen LogP contribution is 2.42. The number of fused-ring (bicyclic) bond motifs is 5. The summed E-state index contributed by atoms with van der Waals surface area (Å²) in [6, 6.07) is 9.45. The first kappa shape index (κ1) is 21.7. The van der Waals surface area contributed by atoms with Gasteiger partial charge in [-0.15, -0.1) is 21.5 Å². The number of anilines is 1. The molecule has 0 radical (unpaired) electrons. The minimum atomic E-state index is -0.177. The van der Waals surface area contributed by atoms with Gasteiger partial charge < -0.3 is 10.1 Å². The Morgan fingerprint density at radius 3 is 2.84 bits per heavy atom. The third kappa shape index (κ3) is 3.89. The Labute approximate surface area is 198 Å². The van der Waals surface area contributed by atoms with Crippen LogP contribution < -0.4 is 5.32 Å². The zero-order valence-corrected chi connectivity index (χ0v) is 20.5. The summed E-state index contributed by atoms with van der Waals surface area (Å²) in [7, 11) is 0. The van der Waals surface area contributed by atoms with Crippen LogP contribution in [0.3, 0.4) is 0 Å². The summed E-state index contributed by atoms with van der Waals surface area (Å²) < 4.78 is 8.13. The minimum absolute atomic E-state index is 0.0820. The number of thiophene rings is 1. The SMILES string of the molecule is CC[C@@]1(C)Cc2c(sc3nc(SC)n4c(SCC(=O)Nc5ccccc5)nnc4c23)CO1. The molecule has 4 aromatic rings. The fourth-order valence-corrected chi connectivity index (χ4v) is 6.31. The van der Waals surface area contributed by atoms with Crippen LogP contribution in [0.25, 0.3) is 15.9 Å². The molecule has 0 fully saturated rings. The van der Waals surface area contributed by atoms with Crippen LogP contribution in [0.15, 0.2) is 40.6 Å². The van der Waals surface area contributed by atoms with Crippen LogP contribution in [0, 0.1) is 0 Å². The van der Waals surface area contributed by atoms with Crippen molar-refractivity contribution in [3.63, 3.8) is 0 Å². The maximum atomic E-state index is 12.4. The Balaban J connectivity index is 1.49. The topological polar surface area (TPSA) is 81.4 Å². The summed E-state index contributed by atoms with van der Waals surface area (Å²) in [5, 5.41) is 14.5. The lowest BCUT2D eigenvalue weighted by molar-refractivity contribution is -0.113. The van der Waals surface area contributed by atoms with Gasteiger partial charge in [-0.05, 0) is 37.3 Å². The highest BCUT2D eigenvalue weighted by Gasteiger charge is 2.33. The van der Waals surface area contributed by atoms with E-state index in [4.69, 9.17) is 9.72 Å². The number of hydrogen-bond donors (Lipinski definition) is 1. The lowest BCUT2D eigenvalue weighted by Crippen LogP contribution is -2.33. The van der Waals surface area contributed by atoms with Crippen LogP contribution in [0.1, 0.15) is 30.7 Å². The number of carbonyl (C=O) groups is 1. The summed E-state index contributed by atoms with van der Waals surface area (Å²) in [6.45, 7) is 4.93. The molecular weight excluding hydrogens is 462 g/mol. The van der Waals surface area contributed by atoms with E-state index in [-0.39, 0.29) is 17.3 Å². The normalized spacial score (nSPS) is 18.2. The zero-order valence-electron chi connectivity index (χ0n) is 18.0. The molecule has 1 N–H and O–H groups in total. The van der Waals surface area contributed by atoms with Gasteiger partial charge in [0.15, 0.2) is 16.0 Å². The molecule has 7 nitrogen and oxygen atoms in total. The van der Waals surface area contributed by atoms with Crippen molar-refractivity contribution in [3.05, 3.63) is 40.8 Å². The zero-order chi connectivity index (χ0) is 22.3. The van der Waals surface area contributed by atoms with Crippen molar-refractivity contribution >= 4 is 62.3 Å². The molecule has 10 heteroatoms. The second kappa shape index (κ2) is 8.66. The van der Waals surface area contributed by atoms with Gasteiger partial charge >= 0.3 is 0 Å². The molecule has 0 bridgehead atoms. The summed E-state index contributed by atoms with van der Waals surface area (Å²) in [5.41, 5.74) is 2.69. The average Bonchev–Trinajstić information content (AvgIpc) is 3.38. The molecule has 0 spiro atoms. The summed E-state index contributed by atoms with van der Waals surface area (Å²) in [5.74, 6) is 0.159. The van der Waals surface area contributed by atoms with Crippen LogP contribution in [0.4, 0.5) is 5.69 Å². The van der Waals surface area contributed by atoms with E-state index >= 15 is 0 Å². The number of para-hydroxylation sites is 1. The molecule has 0 saturated carbocycles. The van der Waals surface area contributed by atoms with Crippen LogP contribution >= 0.6 is 34.9 Å². The number of thioether (sulfide) groups is 2. The summed E-state index contributed by atoms with van der Waals surface area (Å²) >= 11 is 4.60. The monoisotopic (exact) mass is 485 g/mol. The van der Waals surface area contributed by atoms with Gasteiger partial charge in [-0.25, -0.2) is 9.38 Å². The third-order valence-corrected chi connectivity index (χ3v) is 8.41. The van der Waals surface area contributed by atoms with Crippen molar-refractivity contribution in [2.24, 2.45) is 0 Å². The molecule has 1 amide bonds. The van der Waals surface area contributed by atoms with E-state index in [1.54, 1.807) is 23.1 Å². The molecule has 5 rings (SSSR count). The number of aromatic nitrogens is 4. The predicted molar refractivity (Wildman–Crippen MR) is 131 cm³/mol. The molecule has 0 unspecified atom stereocenters. The van der Waals surface area contributed by atoms with E-state index in [1.165, 1.54) is 22.2 Å². The van der Waals surface area contributed by atoms with Gasteiger partial charge in [0.05, 0.1) is 23.3 Å². The van der Waals surface area contributed by atoms with Crippen molar-refractivity contribution in [2.45, 2.75) is 49.2 Å². The van der Waals surface area contributed by atoms with E-state index in [1.807, 2.05) is 41.0 Å². The number of ether oxygens (including phenoxy) is 1. The van der Waals surface area contributed by atoms with Crippen molar-refractivity contribution in [1.29, 1.82) is 0 Å². The number of benzene rings is 1. The lowest BCUT2D eigenvalue weighted by atomic mass is 9.90. The molecule has 3 aromatic heterocycles. The number of nitrogens with one attached hydrogen (secondary N) is 1. The molecule has 166 valence electrons. The maximum Gasteiger partial charge on any atom is 0.234 e. The summed E-state index contributed by atoms with van der Waals surface area (Å²) in [4.78, 5) is 19.6. The molecule has 1 aliphatic heterocycles. The Morgan fingerprint density at radius 1 is 1.28 bits per heavy atom. The van der Waals surface area contributed by atoms with Crippen LogP contribution in [0.2, 0.25) is 0 Å². The van der Waals surface area contributed by atoms with Gasteiger partial charge in [0.2, 0.25) is 5.91 Å². The van der Waals surface area contributed by atoms with Crippen molar-refractivity contribution < 1.29 is 9.53 Å². The molecular formula is C22H23N5O2S3. The highest BCUT2D eigenvalue weighted by molar-refractivity contribution is 8.00. The van der Waals surface area contributed by atoms with Gasteiger partial charge in [0.25, 0.3) is 0 Å². The number of hydrogen-bond acceptors (Lipinski definition) is 8. The quantitative estimate of drug-likeness (QED) is 0.303. The van der Waals surface area contributed by atoms with E-state index in [0.717, 1.165) is 39.5 Å². The van der Waals surface area contributed by atoms with Crippen LogP contribution in [0.5, 0.6) is 0 Å². The van der Waals surface area contributed by atoms with Gasteiger partial charge in [0.1, 0.15) is 4.83 Å². The molecule has 0 aliphatic carbocycles. The smallest absolute Gasteiger partial charge is 0.234 e. The lowest BCUT2D eigenvalue weighted by Gasteiger charge is -2.32. The fourth-order valence-electron chi connectivity index (χ4n) is 3.82. The third-order valence-electron chi connectivity index (χ3n) is 5.74.